The first kappa shape index (κ1) is 19.1. The van der Waals surface area contributed by atoms with E-state index in [0.717, 1.165) is 29.5 Å². The third kappa shape index (κ3) is 4.62. The van der Waals surface area contributed by atoms with Gasteiger partial charge in [0, 0.05) is 17.5 Å². The number of aromatic nitrogens is 3. The summed E-state index contributed by atoms with van der Waals surface area (Å²) >= 11 is 0. The highest BCUT2D eigenvalue weighted by molar-refractivity contribution is 6.04. The van der Waals surface area contributed by atoms with Crippen LogP contribution in [0.15, 0.2) is 42.7 Å². The molecule has 29 heavy (non-hydrogen) atoms. The normalized spacial score (nSPS) is 13.3. The lowest BCUT2D eigenvalue weighted by Gasteiger charge is -2.06. The van der Waals surface area contributed by atoms with Crippen LogP contribution in [0, 0.1) is 18.7 Å². The van der Waals surface area contributed by atoms with Gasteiger partial charge in [0.15, 0.2) is 11.6 Å². The Labute approximate surface area is 168 Å². The van der Waals surface area contributed by atoms with Crippen molar-refractivity contribution in [2.45, 2.75) is 32.7 Å². The zero-order valence-electron chi connectivity index (χ0n) is 16.5. The number of aryl methyl sites for hydroxylation is 1. The van der Waals surface area contributed by atoms with Gasteiger partial charge < -0.3 is 10.1 Å². The van der Waals surface area contributed by atoms with Crippen molar-refractivity contribution in [2.24, 2.45) is 5.92 Å². The van der Waals surface area contributed by atoms with Crippen molar-refractivity contribution in [2.75, 3.05) is 12.4 Å². The highest BCUT2D eigenvalue weighted by atomic mass is 19.1. The highest BCUT2D eigenvalue weighted by Crippen LogP contribution is 2.34. The standard InChI is InChI=1S/C22H23FN4O2/c1-14-9-19(20(23)11-24-14)22(28)25-21-17(10-15-3-4-15)13-27(26-21)12-16-5-7-18(29-2)8-6-16/h5-9,11,13,15H,3-4,10,12H2,1-2H3,(H,25,26,28). The minimum atomic E-state index is -0.644. The van der Waals surface area contributed by atoms with Crippen molar-refractivity contribution in [3.63, 3.8) is 0 Å². The Morgan fingerprint density at radius 1 is 1.31 bits per heavy atom. The van der Waals surface area contributed by atoms with Crippen LogP contribution in [0.1, 0.15) is 40.0 Å². The average molecular weight is 394 g/mol. The molecule has 1 saturated carbocycles. The fourth-order valence-electron chi connectivity index (χ4n) is 3.24. The Balaban J connectivity index is 1.56. The first-order chi connectivity index (χ1) is 14.0. The molecule has 0 saturated heterocycles. The largest absolute Gasteiger partial charge is 0.497 e. The molecule has 2 aromatic heterocycles. The molecule has 0 spiro atoms. The van der Waals surface area contributed by atoms with Crippen LogP contribution in [0.25, 0.3) is 0 Å². The van der Waals surface area contributed by atoms with Crippen LogP contribution in [0.2, 0.25) is 0 Å². The number of carbonyl (C=O) groups excluding carboxylic acids is 1. The number of anilines is 1. The van der Waals surface area contributed by atoms with E-state index in [1.165, 1.54) is 18.9 Å². The van der Waals surface area contributed by atoms with Crippen molar-refractivity contribution < 1.29 is 13.9 Å². The van der Waals surface area contributed by atoms with Crippen LogP contribution in [0.4, 0.5) is 10.2 Å². The van der Waals surface area contributed by atoms with Gasteiger partial charge in [0.1, 0.15) is 5.75 Å². The lowest BCUT2D eigenvalue weighted by Crippen LogP contribution is -2.16. The molecule has 4 rings (SSSR count). The molecule has 0 unspecified atom stereocenters. The van der Waals surface area contributed by atoms with Gasteiger partial charge >= 0.3 is 0 Å². The zero-order valence-corrected chi connectivity index (χ0v) is 16.5. The first-order valence-corrected chi connectivity index (χ1v) is 9.64. The Hall–Kier alpha value is -3.22. The molecule has 1 aliphatic rings. The van der Waals surface area contributed by atoms with E-state index in [-0.39, 0.29) is 5.56 Å². The maximum absolute atomic E-state index is 14.0. The molecule has 2 heterocycles. The number of halogens is 1. The van der Waals surface area contributed by atoms with Gasteiger partial charge in [-0.25, -0.2) is 4.39 Å². The van der Waals surface area contributed by atoms with E-state index in [2.05, 4.69) is 15.4 Å². The topological polar surface area (TPSA) is 69.0 Å². The van der Waals surface area contributed by atoms with E-state index in [9.17, 15) is 9.18 Å². The van der Waals surface area contributed by atoms with Crippen LogP contribution >= 0.6 is 0 Å². The summed E-state index contributed by atoms with van der Waals surface area (Å²) in [5, 5.41) is 7.36. The third-order valence-electron chi connectivity index (χ3n) is 5.02. The molecule has 1 fully saturated rings. The first-order valence-electron chi connectivity index (χ1n) is 9.64. The van der Waals surface area contributed by atoms with E-state index in [0.29, 0.717) is 24.0 Å². The van der Waals surface area contributed by atoms with Crippen molar-refractivity contribution in [1.82, 2.24) is 14.8 Å². The molecule has 7 heteroatoms. The van der Waals surface area contributed by atoms with Gasteiger partial charge in [0.05, 0.1) is 25.4 Å². The number of methoxy groups -OCH3 is 1. The van der Waals surface area contributed by atoms with Gasteiger partial charge in [-0.15, -0.1) is 0 Å². The number of carbonyl (C=O) groups is 1. The predicted molar refractivity (Wildman–Crippen MR) is 108 cm³/mol. The fraction of sp³-hybridized carbons (Fsp3) is 0.318. The van der Waals surface area contributed by atoms with Crippen LogP contribution < -0.4 is 10.1 Å². The molecular formula is C22H23FN4O2. The molecule has 0 atom stereocenters. The number of benzene rings is 1. The molecule has 3 aromatic rings. The molecule has 150 valence electrons. The molecule has 1 aliphatic carbocycles. The van der Waals surface area contributed by atoms with Gasteiger partial charge in [0.25, 0.3) is 5.91 Å². The van der Waals surface area contributed by atoms with E-state index in [1.54, 1.807) is 14.0 Å². The quantitative estimate of drug-likeness (QED) is 0.658. The monoisotopic (exact) mass is 394 g/mol. The minimum absolute atomic E-state index is 0.0282. The molecule has 0 bridgehead atoms. The van der Waals surface area contributed by atoms with Gasteiger partial charge in [0.2, 0.25) is 0 Å². The molecule has 6 nitrogen and oxygen atoms in total. The lowest BCUT2D eigenvalue weighted by atomic mass is 10.1. The van der Waals surface area contributed by atoms with Crippen LogP contribution in [0.5, 0.6) is 5.75 Å². The Bertz CT molecular complexity index is 1030. The van der Waals surface area contributed by atoms with E-state index >= 15 is 0 Å². The van der Waals surface area contributed by atoms with Gasteiger partial charge in [-0.3, -0.25) is 14.5 Å². The van der Waals surface area contributed by atoms with Crippen LogP contribution in [0.3, 0.4) is 0 Å². The Morgan fingerprint density at radius 3 is 2.76 bits per heavy atom. The summed E-state index contributed by atoms with van der Waals surface area (Å²) in [6, 6.07) is 9.21. The molecule has 0 aliphatic heterocycles. The van der Waals surface area contributed by atoms with Gasteiger partial charge in [-0.1, -0.05) is 12.1 Å². The van der Waals surface area contributed by atoms with Crippen LogP contribution in [-0.2, 0) is 13.0 Å². The number of amides is 1. The molecule has 1 N–H and O–H groups in total. The summed E-state index contributed by atoms with van der Waals surface area (Å²) in [7, 11) is 1.63. The molecule has 1 aromatic carbocycles. The number of hydrogen-bond donors (Lipinski definition) is 1. The molecule has 1 amide bonds. The SMILES string of the molecule is COc1ccc(Cn2cc(CC3CC3)c(NC(=O)c3cc(C)ncc3F)n2)cc1. The van der Waals surface area contributed by atoms with Gasteiger partial charge in [-0.2, -0.15) is 5.10 Å². The Kier molecular flexibility index (Phi) is 5.29. The summed E-state index contributed by atoms with van der Waals surface area (Å²) in [5.41, 5.74) is 2.60. The van der Waals surface area contributed by atoms with E-state index in [4.69, 9.17) is 4.74 Å². The lowest BCUT2D eigenvalue weighted by molar-refractivity contribution is 0.102. The number of ether oxygens (including phenoxy) is 1. The summed E-state index contributed by atoms with van der Waals surface area (Å²) in [5.74, 6) is 0.758. The van der Waals surface area contributed by atoms with E-state index in [1.807, 2.05) is 35.1 Å². The van der Waals surface area contributed by atoms with Crippen molar-refractivity contribution in [3.05, 3.63) is 70.9 Å². The highest BCUT2D eigenvalue weighted by Gasteiger charge is 2.25. The second-order valence-corrected chi connectivity index (χ2v) is 7.46. The number of pyridine rings is 1. The minimum Gasteiger partial charge on any atom is -0.497 e. The summed E-state index contributed by atoms with van der Waals surface area (Å²) in [4.78, 5) is 16.5. The number of rotatable bonds is 7. The average Bonchev–Trinajstić information content (AvgIpc) is 3.46. The third-order valence-corrected chi connectivity index (χ3v) is 5.02. The number of nitrogens with one attached hydrogen (secondary N) is 1. The van der Waals surface area contributed by atoms with Crippen molar-refractivity contribution >= 4 is 11.7 Å². The van der Waals surface area contributed by atoms with Gasteiger partial charge in [-0.05, 0) is 55.9 Å². The second kappa shape index (κ2) is 8.03. The smallest absolute Gasteiger partial charge is 0.259 e. The van der Waals surface area contributed by atoms with Crippen LogP contribution in [-0.4, -0.2) is 27.8 Å². The van der Waals surface area contributed by atoms with Crippen molar-refractivity contribution in [3.8, 4) is 5.75 Å². The number of hydrogen-bond acceptors (Lipinski definition) is 4. The molecular weight excluding hydrogens is 371 g/mol. The summed E-state index contributed by atoms with van der Waals surface area (Å²) in [6.07, 6.45) is 6.27. The van der Waals surface area contributed by atoms with Crippen molar-refractivity contribution in [1.29, 1.82) is 0 Å². The van der Waals surface area contributed by atoms with E-state index < -0.39 is 11.7 Å². The maximum Gasteiger partial charge on any atom is 0.259 e. The zero-order chi connectivity index (χ0) is 20.4. The summed E-state index contributed by atoms with van der Waals surface area (Å²) in [6.45, 7) is 2.29. The summed E-state index contributed by atoms with van der Waals surface area (Å²) < 4.78 is 21.0. The predicted octanol–water partition coefficient (Wildman–Crippen LogP) is 3.99. The maximum atomic E-state index is 14.0. The fourth-order valence-corrected chi connectivity index (χ4v) is 3.24. The second-order valence-electron chi connectivity index (χ2n) is 7.46. The Morgan fingerprint density at radius 2 is 2.07 bits per heavy atom. The number of nitrogens with zero attached hydrogens (tertiary/aromatic N) is 3. The molecule has 0 radical (unpaired) electrons.